The van der Waals surface area contributed by atoms with Gasteiger partial charge in [-0.3, -0.25) is 0 Å². The Morgan fingerprint density at radius 3 is 2.40 bits per heavy atom. The molecule has 0 aliphatic rings. The van der Waals surface area contributed by atoms with Crippen molar-refractivity contribution >= 4 is 11.6 Å². The zero-order valence-electron chi connectivity index (χ0n) is 10.4. The summed E-state index contributed by atoms with van der Waals surface area (Å²) in [5, 5.41) is 3.69. The largest absolute Gasteiger partial charge is 0.385 e. The Hall–Kier alpha value is 0.210. The fourth-order valence-corrected chi connectivity index (χ4v) is 2.17. The van der Waals surface area contributed by atoms with Gasteiger partial charge in [-0.2, -0.15) is 0 Å². The first kappa shape index (κ1) is 15.2. The first-order chi connectivity index (χ1) is 7.26. The standard InChI is InChI=1S/C12H26ClNO/c1-4-11(5-2)12(13)10-14-8-6-7-9-15-3/h11-12,14H,4-10H2,1-3H3. The van der Waals surface area contributed by atoms with Gasteiger partial charge in [0, 0.05) is 25.6 Å². The molecule has 1 atom stereocenters. The molecular formula is C12H26ClNO. The summed E-state index contributed by atoms with van der Waals surface area (Å²) in [6.07, 6.45) is 4.65. The van der Waals surface area contributed by atoms with E-state index in [2.05, 4.69) is 19.2 Å². The molecule has 0 bridgehead atoms. The molecule has 0 aliphatic heterocycles. The predicted octanol–water partition coefficient (Wildman–Crippen LogP) is 3.05. The second-order valence-corrected chi connectivity index (χ2v) is 4.56. The van der Waals surface area contributed by atoms with Gasteiger partial charge in [0.15, 0.2) is 0 Å². The molecule has 0 aromatic heterocycles. The number of hydrogen-bond donors (Lipinski definition) is 1. The van der Waals surface area contributed by atoms with Crippen LogP contribution in [0.15, 0.2) is 0 Å². The Morgan fingerprint density at radius 2 is 1.87 bits per heavy atom. The molecule has 92 valence electrons. The maximum atomic E-state index is 6.30. The van der Waals surface area contributed by atoms with Crippen LogP contribution in [0.3, 0.4) is 0 Å². The van der Waals surface area contributed by atoms with E-state index in [0.717, 1.165) is 26.1 Å². The molecule has 3 heteroatoms. The fraction of sp³-hybridized carbons (Fsp3) is 1.00. The van der Waals surface area contributed by atoms with Crippen LogP contribution in [0, 0.1) is 5.92 Å². The first-order valence-corrected chi connectivity index (χ1v) is 6.53. The highest BCUT2D eigenvalue weighted by molar-refractivity contribution is 6.21. The lowest BCUT2D eigenvalue weighted by atomic mass is 9.99. The van der Waals surface area contributed by atoms with Gasteiger partial charge in [0.1, 0.15) is 0 Å². The second kappa shape index (κ2) is 10.7. The third kappa shape index (κ3) is 8.06. The SMILES string of the molecule is CCC(CC)C(Cl)CNCCCCOC. The molecule has 0 rings (SSSR count). The van der Waals surface area contributed by atoms with E-state index in [4.69, 9.17) is 16.3 Å². The smallest absolute Gasteiger partial charge is 0.0488 e. The van der Waals surface area contributed by atoms with E-state index in [1.165, 1.54) is 19.3 Å². The van der Waals surface area contributed by atoms with E-state index in [1.807, 2.05) is 0 Å². The molecule has 15 heavy (non-hydrogen) atoms. The van der Waals surface area contributed by atoms with Crippen molar-refractivity contribution in [1.29, 1.82) is 0 Å². The fourth-order valence-electron chi connectivity index (χ4n) is 1.70. The Kier molecular flexibility index (Phi) is 10.9. The second-order valence-electron chi connectivity index (χ2n) is 4.00. The van der Waals surface area contributed by atoms with Crippen molar-refractivity contribution in [2.45, 2.75) is 44.9 Å². The Labute approximate surface area is 99.7 Å². The van der Waals surface area contributed by atoms with Gasteiger partial charge in [-0.15, -0.1) is 11.6 Å². The molecule has 0 radical (unpaired) electrons. The molecule has 2 nitrogen and oxygen atoms in total. The highest BCUT2D eigenvalue weighted by atomic mass is 35.5. The van der Waals surface area contributed by atoms with Crippen LogP contribution in [-0.4, -0.2) is 32.2 Å². The molecule has 1 N–H and O–H groups in total. The molecule has 0 heterocycles. The number of unbranched alkanes of at least 4 members (excludes halogenated alkanes) is 1. The molecule has 0 amide bonds. The van der Waals surface area contributed by atoms with E-state index in [0.29, 0.717) is 5.92 Å². The van der Waals surface area contributed by atoms with E-state index in [-0.39, 0.29) is 5.38 Å². The van der Waals surface area contributed by atoms with Crippen molar-refractivity contribution in [1.82, 2.24) is 5.32 Å². The topological polar surface area (TPSA) is 21.3 Å². The van der Waals surface area contributed by atoms with Crippen LogP contribution in [0.1, 0.15) is 39.5 Å². The van der Waals surface area contributed by atoms with Crippen LogP contribution < -0.4 is 5.32 Å². The number of hydrogen-bond acceptors (Lipinski definition) is 2. The van der Waals surface area contributed by atoms with Gasteiger partial charge < -0.3 is 10.1 Å². The molecular weight excluding hydrogens is 210 g/mol. The number of rotatable bonds is 10. The highest BCUT2D eigenvalue weighted by Gasteiger charge is 2.14. The minimum absolute atomic E-state index is 0.280. The zero-order valence-corrected chi connectivity index (χ0v) is 11.1. The summed E-state index contributed by atoms with van der Waals surface area (Å²) >= 11 is 6.30. The van der Waals surface area contributed by atoms with Gasteiger partial charge in [0.2, 0.25) is 0 Å². The van der Waals surface area contributed by atoms with E-state index in [1.54, 1.807) is 7.11 Å². The number of ether oxygens (including phenoxy) is 1. The van der Waals surface area contributed by atoms with E-state index >= 15 is 0 Å². The Balaban J connectivity index is 3.33. The van der Waals surface area contributed by atoms with E-state index < -0.39 is 0 Å². The lowest BCUT2D eigenvalue weighted by Gasteiger charge is -2.19. The minimum Gasteiger partial charge on any atom is -0.385 e. The predicted molar refractivity (Wildman–Crippen MR) is 67.7 cm³/mol. The maximum Gasteiger partial charge on any atom is 0.0488 e. The third-order valence-corrected chi connectivity index (χ3v) is 3.36. The monoisotopic (exact) mass is 235 g/mol. The maximum absolute atomic E-state index is 6.30. The number of nitrogens with one attached hydrogen (secondary N) is 1. The average Bonchev–Trinajstić information content (AvgIpc) is 2.25. The molecule has 0 aliphatic carbocycles. The van der Waals surface area contributed by atoms with Crippen molar-refractivity contribution in [3.8, 4) is 0 Å². The van der Waals surface area contributed by atoms with E-state index in [9.17, 15) is 0 Å². The van der Waals surface area contributed by atoms with Gasteiger partial charge >= 0.3 is 0 Å². The van der Waals surface area contributed by atoms with Crippen LogP contribution in [0.25, 0.3) is 0 Å². The summed E-state index contributed by atoms with van der Waals surface area (Å²) in [5.74, 6) is 0.651. The number of methoxy groups -OCH3 is 1. The molecule has 0 aromatic carbocycles. The zero-order chi connectivity index (χ0) is 11.5. The van der Waals surface area contributed by atoms with Crippen LogP contribution in [0.4, 0.5) is 0 Å². The van der Waals surface area contributed by atoms with Crippen LogP contribution in [0.2, 0.25) is 0 Å². The summed E-state index contributed by atoms with van der Waals surface area (Å²) in [5.41, 5.74) is 0. The third-order valence-electron chi connectivity index (χ3n) is 2.85. The molecule has 0 spiro atoms. The van der Waals surface area contributed by atoms with Gasteiger partial charge in [-0.1, -0.05) is 26.7 Å². The van der Waals surface area contributed by atoms with Crippen molar-refractivity contribution in [2.75, 3.05) is 26.8 Å². The molecule has 0 fully saturated rings. The highest BCUT2D eigenvalue weighted by Crippen LogP contribution is 2.17. The Morgan fingerprint density at radius 1 is 1.20 bits per heavy atom. The lowest BCUT2D eigenvalue weighted by molar-refractivity contribution is 0.192. The summed E-state index contributed by atoms with van der Waals surface area (Å²) in [7, 11) is 1.75. The average molecular weight is 236 g/mol. The van der Waals surface area contributed by atoms with Crippen molar-refractivity contribution in [3.63, 3.8) is 0 Å². The van der Waals surface area contributed by atoms with Crippen molar-refractivity contribution in [3.05, 3.63) is 0 Å². The molecule has 0 saturated carbocycles. The van der Waals surface area contributed by atoms with Crippen LogP contribution in [-0.2, 0) is 4.74 Å². The lowest BCUT2D eigenvalue weighted by Crippen LogP contribution is -2.29. The summed E-state index contributed by atoms with van der Waals surface area (Å²) < 4.78 is 4.99. The number of halogens is 1. The summed E-state index contributed by atoms with van der Waals surface area (Å²) in [6.45, 7) is 7.26. The van der Waals surface area contributed by atoms with Crippen molar-refractivity contribution in [2.24, 2.45) is 5.92 Å². The summed E-state index contributed by atoms with van der Waals surface area (Å²) in [6, 6.07) is 0. The molecule has 0 aromatic rings. The number of alkyl halides is 1. The molecule has 0 saturated heterocycles. The van der Waals surface area contributed by atoms with Crippen molar-refractivity contribution < 1.29 is 4.74 Å². The van der Waals surface area contributed by atoms with Gasteiger partial charge in [-0.05, 0) is 25.3 Å². The van der Waals surface area contributed by atoms with Gasteiger partial charge in [-0.25, -0.2) is 0 Å². The quantitative estimate of drug-likeness (QED) is 0.464. The minimum atomic E-state index is 0.280. The Bertz CT molecular complexity index is 129. The van der Waals surface area contributed by atoms with Gasteiger partial charge in [0.25, 0.3) is 0 Å². The normalized spacial score (nSPS) is 13.4. The van der Waals surface area contributed by atoms with Gasteiger partial charge in [0.05, 0.1) is 0 Å². The molecule has 1 unspecified atom stereocenters. The van der Waals surface area contributed by atoms with Crippen LogP contribution >= 0.6 is 11.6 Å². The first-order valence-electron chi connectivity index (χ1n) is 6.09. The van der Waals surface area contributed by atoms with Crippen LogP contribution in [0.5, 0.6) is 0 Å². The summed E-state index contributed by atoms with van der Waals surface area (Å²) in [4.78, 5) is 0.